The van der Waals surface area contributed by atoms with E-state index in [0.29, 0.717) is 0 Å². The van der Waals surface area contributed by atoms with Crippen LogP contribution in [0.15, 0.2) is 22.8 Å². The molecule has 0 saturated heterocycles. The van der Waals surface area contributed by atoms with Crippen molar-refractivity contribution in [3.8, 4) is 0 Å². The van der Waals surface area contributed by atoms with Crippen LogP contribution in [0.3, 0.4) is 0 Å². The van der Waals surface area contributed by atoms with Gasteiger partial charge in [0, 0.05) is 12.7 Å². The van der Waals surface area contributed by atoms with Crippen molar-refractivity contribution in [2.24, 2.45) is 5.92 Å². The third kappa shape index (κ3) is 4.52. The lowest BCUT2D eigenvalue weighted by molar-refractivity contribution is 0.472. The van der Waals surface area contributed by atoms with E-state index in [-0.39, 0.29) is 0 Å². The number of hydrogen-bond acceptors (Lipinski definition) is 2. The lowest BCUT2D eigenvalue weighted by Gasteiger charge is -2.16. The van der Waals surface area contributed by atoms with Crippen LogP contribution >= 0.6 is 15.9 Å². The molecule has 1 aromatic heterocycles. The summed E-state index contributed by atoms with van der Waals surface area (Å²) >= 11 is 3.50. The quantitative estimate of drug-likeness (QED) is 0.799. The summed E-state index contributed by atoms with van der Waals surface area (Å²) < 4.78 is 1.04. The predicted octanol–water partition coefficient (Wildman–Crippen LogP) is 4.47. The predicted molar refractivity (Wildman–Crippen MR) is 73.7 cm³/mol. The molecule has 16 heavy (non-hydrogen) atoms. The van der Waals surface area contributed by atoms with Crippen molar-refractivity contribution in [3.63, 3.8) is 0 Å². The van der Waals surface area contributed by atoms with Crippen LogP contribution in [0.2, 0.25) is 0 Å². The van der Waals surface area contributed by atoms with Crippen molar-refractivity contribution >= 4 is 21.7 Å². The molecule has 0 fully saturated rings. The average molecular weight is 285 g/mol. The van der Waals surface area contributed by atoms with Gasteiger partial charge in [-0.3, -0.25) is 0 Å². The second kappa shape index (κ2) is 7.66. The maximum atomic E-state index is 4.31. The Labute approximate surface area is 107 Å². The number of nitrogens with zero attached hydrogens (tertiary/aromatic N) is 1. The van der Waals surface area contributed by atoms with Gasteiger partial charge in [0.25, 0.3) is 0 Å². The molecule has 0 aromatic carbocycles. The van der Waals surface area contributed by atoms with Gasteiger partial charge < -0.3 is 5.32 Å². The Morgan fingerprint density at radius 1 is 1.44 bits per heavy atom. The molecule has 1 unspecified atom stereocenters. The molecule has 90 valence electrons. The minimum atomic E-state index is 0.758. The molecule has 1 N–H and O–H groups in total. The Morgan fingerprint density at radius 3 is 2.88 bits per heavy atom. The topological polar surface area (TPSA) is 24.9 Å². The van der Waals surface area contributed by atoms with Gasteiger partial charge in [-0.1, -0.05) is 33.1 Å². The summed E-state index contributed by atoms with van der Waals surface area (Å²) in [7, 11) is 0. The number of halogens is 1. The van der Waals surface area contributed by atoms with E-state index in [1.807, 2.05) is 18.3 Å². The number of hydrogen-bond donors (Lipinski definition) is 1. The van der Waals surface area contributed by atoms with E-state index in [0.717, 1.165) is 22.8 Å². The Balaban J connectivity index is 2.40. The number of rotatable bonds is 7. The molecule has 0 bridgehead atoms. The lowest BCUT2D eigenvalue weighted by atomic mass is 9.99. The highest BCUT2D eigenvalue weighted by molar-refractivity contribution is 9.10. The first-order valence-electron chi connectivity index (χ1n) is 6.12. The van der Waals surface area contributed by atoms with Gasteiger partial charge in [-0.05, 0) is 40.4 Å². The summed E-state index contributed by atoms with van der Waals surface area (Å²) in [5.41, 5.74) is 0. The minimum absolute atomic E-state index is 0.758. The SMILES string of the molecule is CCCCC(CC)CNc1ncccc1Br. The first-order valence-corrected chi connectivity index (χ1v) is 6.91. The molecular formula is C13H21BrN2. The molecule has 2 nitrogen and oxygen atoms in total. The summed E-state index contributed by atoms with van der Waals surface area (Å²) in [6.45, 7) is 5.52. The zero-order chi connectivity index (χ0) is 11.8. The van der Waals surface area contributed by atoms with E-state index in [1.165, 1.54) is 25.7 Å². The van der Waals surface area contributed by atoms with Gasteiger partial charge in [0.2, 0.25) is 0 Å². The van der Waals surface area contributed by atoms with Crippen molar-refractivity contribution in [1.29, 1.82) is 0 Å². The van der Waals surface area contributed by atoms with E-state index in [1.54, 1.807) is 0 Å². The monoisotopic (exact) mass is 284 g/mol. The van der Waals surface area contributed by atoms with E-state index >= 15 is 0 Å². The van der Waals surface area contributed by atoms with Gasteiger partial charge in [-0.25, -0.2) is 4.98 Å². The highest BCUT2D eigenvalue weighted by Crippen LogP contribution is 2.20. The van der Waals surface area contributed by atoms with E-state index in [4.69, 9.17) is 0 Å². The Kier molecular flexibility index (Phi) is 6.46. The van der Waals surface area contributed by atoms with Gasteiger partial charge in [0.1, 0.15) is 5.82 Å². The van der Waals surface area contributed by atoms with Crippen molar-refractivity contribution in [2.45, 2.75) is 39.5 Å². The summed E-state index contributed by atoms with van der Waals surface area (Å²) in [5, 5.41) is 3.41. The third-order valence-corrected chi connectivity index (χ3v) is 3.50. The molecular weight excluding hydrogens is 264 g/mol. The molecule has 0 amide bonds. The fraction of sp³-hybridized carbons (Fsp3) is 0.615. The first-order chi connectivity index (χ1) is 7.77. The minimum Gasteiger partial charge on any atom is -0.369 e. The summed E-state index contributed by atoms with van der Waals surface area (Å²) in [5.74, 6) is 1.71. The van der Waals surface area contributed by atoms with Crippen LogP contribution in [0.4, 0.5) is 5.82 Å². The van der Waals surface area contributed by atoms with Crippen LogP contribution in [0.1, 0.15) is 39.5 Å². The second-order valence-corrected chi connectivity index (χ2v) is 4.99. The van der Waals surface area contributed by atoms with Gasteiger partial charge in [0.05, 0.1) is 4.47 Å². The molecule has 1 aromatic rings. The van der Waals surface area contributed by atoms with Crippen LogP contribution in [0.5, 0.6) is 0 Å². The highest BCUT2D eigenvalue weighted by atomic mass is 79.9. The zero-order valence-corrected chi connectivity index (χ0v) is 11.8. The molecule has 0 aliphatic rings. The highest BCUT2D eigenvalue weighted by Gasteiger charge is 2.06. The smallest absolute Gasteiger partial charge is 0.140 e. The Morgan fingerprint density at radius 2 is 2.25 bits per heavy atom. The molecule has 1 atom stereocenters. The number of aromatic nitrogens is 1. The molecule has 1 heterocycles. The van der Waals surface area contributed by atoms with Crippen LogP contribution < -0.4 is 5.32 Å². The molecule has 0 aliphatic heterocycles. The summed E-state index contributed by atoms with van der Waals surface area (Å²) in [6, 6.07) is 3.95. The molecule has 0 radical (unpaired) electrons. The van der Waals surface area contributed by atoms with Crippen molar-refractivity contribution in [3.05, 3.63) is 22.8 Å². The van der Waals surface area contributed by atoms with E-state index < -0.39 is 0 Å². The van der Waals surface area contributed by atoms with Gasteiger partial charge in [-0.2, -0.15) is 0 Å². The first kappa shape index (κ1) is 13.5. The standard InChI is InChI=1S/C13H21BrN2/c1-3-5-7-11(4-2)10-16-13-12(14)8-6-9-15-13/h6,8-9,11H,3-5,7,10H2,1-2H3,(H,15,16). The fourth-order valence-corrected chi connectivity index (χ4v) is 2.10. The van der Waals surface area contributed by atoms with Gasteiger partial charge in [0.15, 0.2) is 0 Å². The second-order valence-electron chi connectivity index (χ2n) is 4.13. The molecule has 0 saturated carbocycles. The zero-order valence-electron chi connectivity index (χ0n) is 10.2. The van der Waals surface area contributed by atoms with Crippen LogP contribution in [-0.4, -0.2) is 11.5 Å². The normalized spacial score (nSPS) is 12.4. The van der Waals surface area contributed by atoms with E-state index in [2.05, 4.69) is 40.1 Å². The van der Waals surface area contributed by atoms with Crippen molar-refractivity contribution in [2.75, 3.05) is 11.9 Å². The maximum Gasteiger partial charge on any atom is 0.140 e. The number of anilines is 1. The van der Waals surface area contributed by atoms with E-state index in [9.17, 15) is 0 Å². The third-order valence-electron chi connectivity index (χ3n) is 2.86. The van der Waals surface area contributed by atoms with Crippen LogP contribution in [-0.2, 0) is 0 Å². The number of pyridine rings is 1. The van der Waals surface area contributed by atoms with Crippen molar-refractivity contribution < 1.29 is 0 Å². The van der Waals surface area contributed by atoms with Gasteiger partial charge >= 0.3 is 0 Å². The summed E-state index contributed by atoms with van der Waals surface area (Å²) in [4.78, 5) is 4.31. The largest absolute Gasteiger partial charge is 0.369 e. The van der Waals surface area contributed by atoms with Crippen LogP contribution in [0, 0.1) is 5.92 Å². The lowest BCUT2D eigenvalue weighted by Crippen LogP contribution is -2.14. The Bertz CT molecular complexity index is 302. The van der Waals surface area contributed by atoms with Gasteiger partial charge in [-0.15, -0.1) is 0 Å². The molecule has 0 spiro atoms. The fourth-order valence-electron chi connectivity index (χ4n) is 1.70. The maximum absolute atomic E-state index is 4.31. The summed E-state index contributed by atoms with van der Waals surface area (Å²) in [6.07, 6.45) is 6.97. The molecule has 1 rings (SSSR count). The van der Waals surface area contributed by atoms with Crippen LogP contribution in [0.25, 0.3) is 0 Å². The number of unbranched alkanes of at least 4 members (excludes halogenated alkanes) is 1. The number of nitrogens with one attached hydrogen (secondary N) is 1. The molecule has 0 aliphatic carbocycles. The Hall–Kier alpha value is -0.570. The average Bonchev–Trinajstić information content (AvgIpc) is 2.31. The van der Waals surface area contributed by atoms with Crippen molar-refractivity contribution in [1.82, 2.24) is 4.98 Å². The molecule has 3 heteroatoms.